The van der Waals surface area contributed by atoms with Gasteiger partial charge in [0.1, 0.15) is 6.10 Å². The molecule has 0 aliphatic carbocycles. The van der Waals surface area contributed by atoms with Crippen LogP contribution < -0.4 is 5.32 Å². The Labute approximate surface area is 99.9 Å². The van der Waals surface area contributed by atoms with Crippen molar-refractivity contribution in [3.63, 3.8) is 0 Å². The van der Waals surface area contributed by atoms with Gasteiger partial charge in [-0.1, -0.05) is 24.3 Å². The molecular weight excluding hydrogens is 218 g/mol. The number of ether oxygens (including phenoxy) is 2. The van der Waals surface area contributed by atoms with Gasteiger partial charge in [-0.05, 0) is 11.1 Å². The van der Waals surface area contributed by atoms with Crippen LogP contribution in [0.3, 0.4) is 0 Å². The fourth-order valence-corrected chi connectivity index (χ4v) is 2.24. The van der Waals surface area contributed by atoms with Crippen LogP contribution in [0, 0.1) is 0 Å². The van der Waals surface area contributed by atoms with Crippen LogP contribution in [0.2, 0.25) is 0 Å². The number of benzene rings is 1. The van der Waals surface area contributed by atoms with E-state index in [1.165, 1.54) is 5.56 Å². The highest BCUT2D eigenvalue weighted by molar-refractivity contribution is 5.79. The molecule has 1 atom stereocenters. The Balaban J connectivity index is 1.77. The van der Waals surface area contributed by atoms with E-state index < -0.39 is 0 Å². The van der Waals surface area contributed by atoms with E-state index in [0.29, 0.717) is 19.8 Å². The summed E-state index contributed by atoms with van der Waals surface area (Å²) in [7, 11) is 0. The summed E-state index contributed by atoms with van der Waals surface area (Å²) >= 11 is 0. The SMILES string of the molecule is O=C(OC1COC1)C1CNCc2ccccc21. The number of carbonyl (C=O) groups is 1. The van der Waals surface area contributed by atoms with Crippen molar-refractivity contribution < 1.29 is 14.3 Å². The maximum Gasteiger partial charge on any atom is 0.315 e. The molecule has 3 rings (SSSR count). The summed E-state index contributed by atoms with van der Waals surface area (Å²) in [5.41, 5.74) is 2.28. The van der Waals surface area contributed by atoms with Gasteiger partial charge < -0.3 is 14.8 Å². The Kier molecular flexibility index (Phi) is 2.82. The van der Waals surface area contributed by atoms with Crippen molar-refractivity contribution in [2.45, 2.75) is 18.6 Å². The number of nitrogens with one attached hydrogen (secondary N) is 1. The molecule has 1 aromatic carbocycles. The largest absolute Gasteiger partial charge is 0.457 e. The van der Waals surface area contributed by atoms with E-state index in [-0.39, 0.29) is 18.0 Å². The lowest BCUT2D eigenvalue weighted by molar-refractivity contribution is -0.173. The minimum Gasteiger partial charge on any atom is -0.457 e. The third kappa shape index (κ3) is 2.06. The molecule has 0 saturated carbocycles. The van der Waals surface area contributed by atoms with Gasteiger partial charge in [0, 0.05) is 13.1 Å². The van der Waals surface area contributed by atoms with E-state index in [1.807, 2.05) is 24.3 Å². The van der Waals surface area contributed by atoms with Gasteiger partial charge >= 0.3 is 5.97 Å². The fourth-order valence-electron chi connectivity index (χ4n) is 2.24. The summed E-state index contributed by atoms with van der Waals surface area (Å²) < 4.78 is 10.4. The Hall–Kier alpha value is -1.39. The zero-order chi connectivity index (χ0) is 11.7. The molecule has 0 bridgehead atoms. The normalized spacial score (nSPS) is 23.6. The molecule has 4 nitrogen and oxygen atoms in total. The highest BCUT2D eigenvalue weighted by Crippen LogP contribution is 2.25. The van der Waals surface area contributed by atoms with Crippen molar-refractivity contribution in [2.75, 3.05) is 19.8 Å². The molecule has 0 amide bonds. The monoisotopic (exact) mass is 233 g/mol. The van der Waals surface area contributed by atoms with Gasteiger partial charge in [-0.2, -0.15) is 0 Å². The second-order valence-electron chi connectivity index (χ2n) is 4.48. The van der Waals surface area contributed by atoms with Crippen molar-refractivity contribution in [3.05, 3.63) is 35.4 Å². The average molecular weight is 233 g/mol. The number of esters is 1. The second-order valence-corrected chi connectivity index (χ2v) is 4.48. The molecule has 17 heavy (non-hydrogen) atoms. The molecule has 1 unspecified atom stereocenters. The van der Waals surface area contributed by atoms with Crippen LogP contribution in [0.25, 0.3) is 0 Å². The van der Waals surface area contributed by atoms with Crippen LogP contribution in [0.4, 0.5) is 0 Å². The Morgan fingerprint density at radius 2 is 2.18 bits per heavy atom. The Morgan fingerprint density at radius 1 is 1.35 bits per heavy atom. The maximum atomic E-state index is 12.0. The molecule has 1 aromatic rings. The molecule has 0 spiro atoms. The summed E-state index contributed by atoms with van der Waals surface area (Å²) in [5, 5.41) is 3.25. The first-order valence-corrected chi connectivity index (χ1v) is 5.91. The van der Waals surface area contributed by atoms with Gasteiger partial charge in [0.05, 0.1) is 19.1 Å². The summed E-state index contributed by atoms with van der Waals surface area (Å²) in [5.74, 6) is -0.321. The first kappa shape index (κ1) is 10.7. The highest BCUT2D eigenvalue weighted by Gasteiger charge is 2.31. The average Bonchev–Trinajstić information content (AvgIpc) is 2.33. The second kappa shape index (κ2) is 4.47. The minimum atomic E-state index is -0.180. The smallest absolute Gasteiger partial charge is 0.315 e. The fraction of sp³-hybridized carbons (Fsp3) is 0.462. The molecule has 2 aliphatic heterocycles. The number of fused-ring (bicyclic) bond motifs is 1. The summed E-state index contributed by atoms with van der Waals surface area (Å²) in [4.78, 5) is 12.0. The first-order chi connectivity index (χ1) is 8.34. The van der Waals surface area contributed by atoms with E-state index in [2.05, 4.69) is 5.32 Å². The number of rotatable bonds is 2. The van der Waals surface area contributed by atoms with Crippen molar-refractivity contribution in [1.82, 2.24) is 5.32 Å². The van der Waals surface area contributed by atoms with E-state index in [4.69, 9.17) is 9.47 Å². The van der Waals surface area contributed by atoms with Crippen LogP contribution in [-0.2, 0) is 20.8 Å². The van der Waals surface area contributed by atoms with Gasteiger partial charge in [-0.25, -0.2) is 0 Å². The third-order valence-corrected chi connectivity index (χ3v) is 3.27. The van der Waals surface area contributed by atoms with Crippen LogP contribution in [0.1, 0.15) is 17.0 Å². The molecule has 0 aromatic heterocycles. The van der Waals surface area contributed by atoms with Gasteiger partial charge in [-0.3, -0.25) is 4.79 Å². The first-order valence-electron chi connectivity index (χ1n) is 5.91. The van der Waals surface area contributed by atoms with E-state index in [0.717, 1.165) is 12.1 Å². The molecule has 2 aliphatic rings. The predicted molar refractivity (Wildman–Crippen MR) is 61.6 cm³/mol. The molecule has 2 heterocycles. The molecule has 1 fully saturated rings. The molecule has 0 radical (unpaired) electrons. The lowest BCUT2D eigenvalue weighted by atomic mass is 9.91. The van der Waals surface area contributed by atoms with Crippen molar-refractivity contribution in [2.24, 2.45) is 0 Å². The topological polar surface area (TPSA) is 47.6 Å². The van der Waals surface area contributed by atoms with Gasteiger partial charge in [0.15, 0.2) is 0 Å². The number of hydrogen-bond donors (Lipinski definition) is 1. The van der Waals surface area contributed by atoms with Crippen LogP contribution >= 0.6 is 0 Å². The lowest BCUT2D eigenvalue weighted by Gasteiger charge is -2.30. The van der Waals surface area contributed by atoms with Crippen LogP contribution in [-0.4, -0.2) is 31.8 Å². The third-order valence-electron chi connectivity index (χ3n) is 3.27. The number of hydrogen-bond acceptors (Lipinski definition) is 4. The van der Waals surface area contributed by atoms with Gasteiger partial charge in [-0.15, -0.1) is 0 Å². The standard InChI is InChI=1S/C13H15NO3/c15-13(17-10-7-16-8-10)12-6-14-5-9-3-1-2-4-11(9)12/h1-4,10,12,14H,5-8H2. The Morgan fingerprint density at radius 3 is 2.94 bits per heavy atom. The molecule has 4 heteroatoms. The van der Waals surface area contributed by atoms with Crippen molar-refractivity contribution >= 4 is 5.97 Å². The summed E-state index contributed by atoms with van der Waals surface area (Å²) in [6, 6.07) is 8.03. The van der Waals surface area contributed by atoms with E-state index in [9.17, 15) is 4.79 Å². The van der Waals surface area contributed by atoms with Crippen molar-refractivity contribution in [1.29, 1.82) is 0 Å². The minimum absolute atomic E-state index is 0.0448. The molecule has 1 saturated heterocycles. The highest BCUT2D eigenvalue weighted by atomic mass is 16.6. The summed E-state index contributed by atoms with van der Waals surface area (Å²) in [6.45, 7) is 2.55. The maximum absolute atomic E-state index is 12.0. The van der Waals surface area contributed by atoms with Crippen LogP contribution in [0.15, 0.2) is 24.3 Å². The van der Waals surface area contributed by atoms with Gasteiger partial charge in [0.2, 0.25) is 0 Å². The lowest BCUT2D eigenvalue weighted by Crippen LogP contribution is -2.41. The zero-order valence-corrected chi connectivity index (χ0v) is 9.52. The number of carbonyl (C=O) groups excluding carboxylic acids is 1. The van der Waals surface area contributed by atoms with E-state index >= 15 is 0 Å². The Bertz CT molecular complexity index is 428. The molecular formula is C13H15NO3. The molecule has 1 N–H and O–H groups in total. The van der Waals surface area contributed by atoms with Crippen LogP contribution in [0.5, 0.6) is 0 Å². The summed E-state index contributed by atoms with van der Waals surface area (Å²) in [6.07, 6.45) is -0.0448. The quantitative estimate of drug-likeness (QED) is 0.768. The molecule has 90 valence electrons. The predicted octanol–water partition coefficient (Wildman–Crippen LogP) is 0.815. The van der Waals surface area contributed by atoms with Gasteiger partial charge in [0.25, 0.3) is 0 Å². The van der Waals surface area contributed by atoms with Crippen molar-refractivity contribution in [3.8, 4) is 0 Å². The van der Waals surface area contributed by atoms with E-state index in [1.54, 1.807) is 0 Å². The zero-order valence-electron chi connectivity index (χ0n) is 9.52.